The topological polar surface area (TPSA) is 91.3 Å². The Bertz CT molecular complexity index is 566. The summed E-state index contributed by atoms with van der Waals surface area (Å²) in [5.41, 5.74) is 0. The van der Waals surface area contributed by atoms with Gasteiger partial charge in [0.2, 0.25) is 0 Å². The van der Waals surface area contributed by atoms with Crippen molar-refractivity contribution in [2.45, 2.75) is 32.8 Å². The summed E-state index contributed by atoms with van der Waals surface area (Å²) in [4.78, 5) is 24.6. The van der Waals surface area contributed by atoms with E-state index in [1.807, 2.05) is 13.8 Å². The Kier molecular flexibility index (Phi) is 6.23. The van der Waals surface area contributed by atoms with Crippen LogP contribution in [0.25, 0.3) is 0 Å². The van der Waals surface area contributed by atoms with Gasteiger partial charge in [-0.25, -0.2) is 9.59 Å². The largest absolute Gasteiger partial charge is 0.484 e. The summed E-state index contributed by atoms with van der Waals surface area (Å²) in [7, 11) is 0. The molecule has 0 aromatic carbocycles. The minimum Gasteiger partial charge on any atom is -0.484 e. The summed E-state index contributed by atoms with van der Waals surface area (Å²) in [5.74, 6) is -0.812. The van der Waals surface area contributed by atoms with Gasteiger partial charge in [0, 0.05) is 0 Å². The van der Waals surface area contributed by atoms with Crippen molar-refractivity contribution in [2.24, 2.45) is 0 Å². The third-order valence-corrected chi connectivity index (χ3v) is 4.08. The lowest BCUT2D eigenvalue weighted by Gasteiger charge is -2.24. The van der Waals surface area contributed by atoms with Crippen LogP contribution in [0, 0.1) is 0 Å². The molecule has 1 unspecified atom stereocenters. The van der Waals surface area contributed by atoms with Crippen LogP contribution in [0.3, 0.4) is 0 Å². The van der Waals surface area contributed by atoms with Crippen molar-refractivity contribution in [1.29, 1.82) is 0 Å². The van der Waals surface area contributed by atoms with Gasteiger partial charge in [-0.3, -0.25) is 0 Å². The van der Waals surface area contributed by atoms with E-state index in [1.165, 1.54) is 0 Å². The maximum Gasteiger partial charge on any atom is 0.352 e. The van der Waals surface area contributed by atoms with Gasteiger partial charge < -0.3 is 24.1 Å². The van der Waals surface area contributed by atoms with Crippen molar-refractivity contribution in [3.8, 4) is 11.5 Å². The number of rotatable bonds is 7. The van der Waals surface area contributed by atoms with E-state index in [-0.39, 0.29) is 47.7 Å². The van der Waals surface area contributed by atoms with E-state index in [1.54, 1.807) is 0 Å². The monoisotopic (exact) mass is 344 g/mol. The Hall–Kier alpha value is -1.80. The van der Waals surface area contributed by atoms with E-state index >= 15 is 0 Å². The fraction of sp³-hybridized carbons (Fsp3) is 0.600. The number of hydrogen-bond acceptors (Lipinski definition) is 8. The highest BCUT2D eigenvalue weighted by Crippen LogP contribution is 2.45. The van der Waals surface area contributed by atoms with E-state index in [9.17, 15) is 14.7 Å². The van der Waals surface area contributed by atoms with Crippen LogP contribution >= 0.6 is 11.3 Å². The van der Waals surface area contributed by atoms with Crippen LogP contribution in [-0.4, -0.2) is 49.6 Å². The van der Waals surface area contributed by atoms with Crippen LogP contribution in [0.4, 0.5) is 0 Å². The van der Waals surface area contributed by atoms with Gasteiger partial charge in [0.25, 0.3) is 0 Å². The van der Waals surface area contributed by atoms with Crippen molar-refractivity contribution in [3.05, 3.63) is 9.75 Å². The lowest BCUT2D eigenvalue weighted by Crippen LogP contribution is -2.32. The predicted molar refractivity (Wildman–Crippen MR) is 82.5 cm³/mol. The van der Waals surface area contributed by atoms with E-state index in [2.05, 4.69) is 0 Å². The lowest BCUT2D eigenvalue weighted by atomic mass is 10.3. The quantitative estimate of drug-likeness (QED) is 0.757. The number of aliphatic hydroxyl groups is 1. The van der Waals surface area contributed by atoms with E-state index in [4.69, 9.17) is 18.9 Å². The van der Waals surface area contributed by atoms with Gasteiger partial charge in [0.15, 0.2) is 27.4 Å². The third kappa shape index (κ3) is 3.94. The highest BCUT2D eigenvalue weighted by atomic mass is 32.1. The number of esters is 2. The summed E-state index contributed by atoms with van der Waals surface area (Å²) in [6.07, 6.45) is 0.782. The van der Waals surface area contributed by atoms with E-state index < -0.39 is 18.0 Å². The average molecular weight is 344 g/mol. The molecule has 23 heavy (non-hydrogen) atoms. The molecule has 0 saturated carbocycles. The van der Waals surface area contributed by atoms with Crippen LogP contribution < -0.4 is 9.47 Å². The molecule has 7 nitrogen and oxygen atoms in total. The highest BCUT2D eigenvalue weighted by molar-refractivity contribution is 7.16. The molecular formula is C15H20O7S. The first-order chi connectivity index (χ1) is 11.1. The second-order valence-electron chi connectivity index (χ2n) is 4.92. The summed E-state index contributed by atoms with van der Waals surface area (Å²) in [6, 6.07) is 0. The number of carbonyl (C=O) groups is 2. The number of carbonyl (C=O) groups excluding carboxylic acids is 2. The Morgan fingerprint density at radius 3 is 2.22 bits per heavy atom. The molecule has 1 aliphatic rings. The van der Waals surface area contributed by atoms with Crippen molar-refractivity contribution >= 4 is 23.3 Å². The van der Waals surface area contributed by atoms with Crippen molar-refractivity contribution in [3.63, 3.8) is 0 Å². The molecule has 0 bridgehead atoms. The van der Waals surface area contributed by atoms with Crippen LogP contribution in [-0.2, 0) is 9.47 Å². The van der Waals surface area contributed by atoms with Crippen molar-refractivity contribution in [1.82, 2.24) is 0 Å². The number of fused-ring (bicyclic) bond motifs is 1. The van der Waals surface area contributed by atoms with Crippen molar-refractivity contribution in [2.75, 3.05) is 26.4 Å². The second kappa shape index (κ2) is 8.16. The molecule has 1 aliphatic heterocycles. The average Bonchev–Trinajstić information content (AvgIpc) is 2.96. The molecule has 0 amide bonds. The van der Waals surface area contributed by atoms with Gasteiger partial charge in [0.05, 0.1) is 19.8 Å². The van der Waals surface area contributed by atoms with E-state index in [0.717, 1.165) is 11.3 Å². The van der Waals surface area contributed by atoms with Gasteiger partial charge in [-0.05, 0) is 12.8 Å². The van der Waals surface area contributed by atoms with Gasteiger partial charge in [-0.15, -0.1) is 11.3 Å². The Balaban J connectivity index is 2.32. The number of ether oxygens (including phenoxy) is 4. The first-order valence-electron chi connectivity index (χ1n) is 7.53. The molecule has 0 spiro atoms. The summed E-state index contributed by atoms with van der Waals surface area (Å²) >= 11 is 0.924. The maximum atomic E-state index is 12.2. The Morgan fingerprint density at radius 2 is 1.70 bits per heavy atom. The van der Waals surface area contributed by atoms with E-state index in [0.29, 0.717) is 12.8 Å². The summed E-state index contributed by atoms with van der Waals surface area (Å²) in [5, 5.41) is 9.21. The molecular weight excluding hydrogens is 324 g/mol. The molecule has 1 atom stereocenters. The predicted octanol–water partition coefficient (Wildman–Crippen LogP) is 2.01. The molecule has 0 radical (unpaired) electrons. The number of aliphatic hydroxyl groups excluding tert-OH is 1. The molecule has 0 saturated heterocycles. The number of thiophene rings is 1. The maximum absolute atomic E-state index is 12.2. The molecule has 2 heterocycles. The van der Waals surface area contributed by atoms with Crippen LogP contribution in [0.15, 0.2) is 0 Å². The Morgan fingerprint density at radius 1 is 1.13 bits per heavy atom. The second-order valence-corrected chi connectivity index (χ2v) is 5.94. The van der Waals surface area contributed by atoms with Gasteiger partial charge in [-0.2, -0.15) is 0 Å². The smallest absolute Gasteiger partial charge is 0.352 e. The minimum absolute atomic E-state index is 0.0950. The van der Waals surface area contributed by atoms with Crippen LogP contribution in [0.5, 0.6) is 11.5 Å². The fourth-order valence-electron chi connectivity index (χ4n) is 1.90. The minimum atomic E-state index is -0.589. The Labute approximate surface area is 138 Å². The first kappa shape index (κ1) is 17.6. The molecule has 0 aliphatic carbocycles. The third-order valence-electron chi connectivity index (χ3n) is 2.97. The zero-order valence-electron chi connectivity index (χ0n) is 13.1. The molecule has 128 valence electrons. The summed E-state index contributed by atoms with van der Waals surface area (Å²) in [6.45, 7) is 4.15. The molecule has 1 aromatic rings. The molecule has 8 heteroatoms. The standard InChI is InChI=1S/C15H20O7S/c1-3-5-19-14(17)12-10-11(22-9(7-16)8-21-10)13(23-12)15(18)20-6-4-2/h9,16H,3-8H2,1-2H3. The van der Waals surface area contributed by atoms with Crippen LogP contribution in [0.1, 0.15) is 46.0 Å². The van der Waals surface area contributed by atoms with Gasteiger partial charge >= 0.3 is 11.9 Å². The summed E-state index contributed by atoms with van der Waals surface area (Å²) < 4.78 is 21.3. The highest BCUT2D eigenvalue weighted by Gasteiger charge is 2.35. The fourth-order valence-corrected chi connectivity index (χ4v) is 2.86. The molecule has 1 N–H and O–H groups in total. The first-order valence-corrected chi connectivity index (χ1v) is 8.35. The SMILES string of the molecule is CCCOC(=O)c1sc(C(=O)OCCC)c2c1OCC(CO)O2. The lowest BCUT2D eigenvalue weighted by molar-refractivity contribution is 0.0365. The van der Waals surface area contributed by atoms with Gasteiger partial charge in [-0.1, -0.05) is 13.8 Å². The zero-order valence-corrected chi connectivity index (χ0v) is 13.9. The normalized spacial score (nSPS) is 16.0. The zero-order chi connectivity index (χ0) is 16.8. The van der Waals surface area contributed by atoms with Gasteiger partial charge in [0.1, 0.15) is 6.61 Å². The molecule has 1 aromatic heterocycles. The van der Waals surface area contributed by atoms with Crippen molar-refractivity contribution < 1.29 is 33.6 Å². The number of hydrogen-bond donors (Lipinski definition) is 1. The van der Waals surface area contributed by atoms with Crippen LogP contribution in [0.2, 0.25) is 0 Å². The molecule has 2 rings (SSSR count). The molecule has 0 fully saturated rings.